The molecule has 0 aliphatic heterocycles. The Bertz CT molecular complexity index is 288. The van der Waals surface area contributed by atoms with Gasteiger partial charge < -0.3 is 10.4 Å². The average Bonchev–Trinajstić information content (AvgIpc) is 2.28. The minimum Gasteiger partial charge on any atom is -0.508 e. The first-order chi connectivity index (χ1) is 7.09. The van der Waals surface area contributed by atoms with Gasteiger partial charge >= 0.3 is 0 Å². The molecule has 0 aliphatic rings. The van der Waals surface area contributed by atoms with E-state index in [4.69, 9.17) is 5.11 Å². The maximum Gasteiger partial charge on any atom is 0.115 e. The molecule has 1 rings (SSSR count). The third-order valence-corrected chi connectivity index (χ3v) is 3.22. The molecular weight excluding hydrogens is 186 g/mol. The number of phenolic OH excluding ortho intramolecular Hbond substituents is 1. The second kappa shape index (κ2) is 5.17. The molecule has 2 heteroatoms. The Morgan fingerprint density at radius 2 is 1.67 bits per heavy atom. The topological polar surface area (TPSA) is 32.3 Å². The quantitative estimate of drug-likeness (QED) is 0.777. The third-order valence-electron chi connectivity index (χ3n) is 3.22. The molecule has 1 aromatic rings. The molecule has 0 heterocycles. The maximum absolute atomic E-state index is 9.16. The van der Waals surface area contributed by atoms with E-state index < -0.39 is 0 Å². The Kier molecular flexibility index (Phi) is 4.15. The number of nitrogens with one attached hydrogen (secondary N) is 1. The Balaban J connectivity index is 2.53. The number of hydrogen-bond acceptors (Lipinski definition) is 2. The predicted octanol–water partition coefficient (Wildman–Crippen LogP) is 3.06. The van der Waals surface area contributed by atoms with Gasteiger partial charge in [-0.05, 0) is 37.5 Å². The first kappa shape index (κ1) is 12.1. The van der Waals surface area contributed by atoms with E-state index in [1.165, 1.54) is 5.56 Å². The van der Waals surface area contributed by atoms with Gasteiger partial charge in [-0.2, -0.15) is 0 Å². The molecule has 0 atom stereocenters. The first-order valence-corrected chi connectivity index (χ1v) is 5.62. The number of aromatic hydroxyl groups is 1. The summed E-state index contributed by atoms with van der Waals surface area (Å²) >= 11 is 0. The van der Waals surface area contributed by atoms with E-state index in [1.807, 2.05) is 12.1 Å². The maximum atomic E-state index is 9.16. The largest absolute Gasteiger partial charge is 0.508 e. The van der Waals surface area contributed by atoms with Crippen molar-refractivity contribution < 1.29 is 5.11 Å². The van der Waals surface area contributed by atoms with Crippen LogP contribution in [0.4, 0.5) is 0 Å². The molecule has 0 saturated heterocycles. The van der Waals surface area contributed by atoms with Crippen LogP contribution < -0.4 is 5.32 Å². The molecule has 1 aromatic carbocycles. The highest BCUT2D eigenvalue weighted by Gasteiger charge is 2.17. The van der Waals surface area contributed by atoms with E-state index in [9.17, 15) is 0 Å². The summed E-state index contributed by atoms with van der Waals surface area (Å²) in [5.41, 5.74) is 1.43. The zero-order valence-corrected chi connectivity index (χ0v) is 9.88. The molecule has 0 aliphatic carbocycles. The molecule has 2 N–H and O–H groups in total. The molecule has 0 fully saturated rings. The lowest BCUT2D eigenvalue weighted by atomic mass is 9.95. The molecule has 0 radical (unpaired) electrons. The smallest absolute Gasteiger partial charge is 0.115 e. The molecule has 84 valence electrons. The highest BCUT2D eigenvalue weighted by atomic mass is 16.3. The minimum atomic E-state index is 0.220. The van der Waals surface area contributed by atoms with Crippen LogP contribution in [0.5, 0.6) is 5.75 Å². The van der Waals surface area contributed by atoms with Crippen LogP contribution >= 0.6 is 0 Å². The lowest BCUT2D eigenvalue weighted by Gasteiger charge is -2.28. The van der Waals surface area contributed by atoms with Gasteiger partial charge in [0.1, 0.15) is 5.75 Å². The second-order valence-electron chi connectivity index (χ2n) is 4.29. The van der Waals surface area contributed by atoms with Gasteiger partial charge in [-0.25, -0.2) is 0 Å². The summed E-state index contributed by atoms with van der Waals surface area (Å²) in [6, 6.07) is 7.36. The van der Waals surface area contributed by atoms with E-state index in [0.29, 0.717) is 5.75 Å². The number of benzene rings is 1. The van der Waals surface area contributed by atoms with Crippen LogP contribution in [-0.2, 0) is 6.54 Å². The fraction of sp³-hybridized carbons (Fsp3) is 0.538. The first-order valence-electron chi connectivity index (χ1n) is 5.62. The minimum absolute atomic E-state index is 0.220. The lowest BCUT2D eigenvalue weighted by Crippen LogP contribution is -2.40. The summed E-state index contributed by atoms with van der Waals surface area (Å²) in [6.45, 7) is 7.51. The fourth-order valence-corrected chi connectivity index (χ4v) is 1.43. The molecule has 0 spiro atoms. The summed E-state index contributed by atoms with van der Waals surface area (Å²) in [5.74, 6) is 0.326. The monoisotopic (exact) mass is 207 g/mol. The summed E-state index contributed by atoms with van der Waals surface area (Å²) in [7, 11) is 0. The van der Waals surface area contributed by atoms with Gasteiger partial charge in [-0.15, -0.1) is 0 Å². The van der Waals surface area contributed by atoms with Crippen molar-refractivity contribution in [2.45, 2.75) is 45.7 Å². The van der Waals surface area contributed by atoms with E-state index >= 15 is 0 Å². The molecule has 0 aromatic heterocycles. The van der Waals surface area contributed by atoms with E-state index in [0.717, 1.165) is 19.4 Å². The standard InChI is InChI=1S/C13H21NO/c1-4-13(3,5-2)14-10-11-6-8-12(15)9-7-11/h6-9,14-15H,4-5,10H2,1-3H3. The van der Waals surface area contributed by atoms with Crippen molar-refractivity contribution in [2.24, 2.45) is 0 Å². The van der Waals surface area contributed by atoms with Crippen molar-refractivity contribution in [3.05, 3.63) is 29.8 Å². The van der Waals surface area contributed by atoms with Gasteiger partial charge in [0.15, 0.2) is 0 Å². The highest BCUT2D eigenvalue weighted by molar-refractivity contribution is 5.25. The van der Waals surface area contributed by atoms with Crippen molar-refractivity contribution in [1.29, 1.82) is 0 Å². The van der Waals surface area contributed by atoms with Gasteiger partial charge in [0.25, 0.3) is 0 Å². The lowest BCUT2D eigenvalue weighted by molar-refractivity contribution is 0.329. The van der Waals surface area contributed by atoms with Gasteiger partial charge in [0.05, 0.1) is 0 Å². The predicted molar refractivity (Wildman–Crippen MR) is 63.9 cm³/mol. The summed E-state index contributed by atoms with van der Waals surface area (Å²) in [6.07, 6.45) is 2.25. The normalized spacial score (nSPS) is 11.7. The van der Waals surface area contributed by atoms with Crippen LogP contribution in [0.2, 0.25) is 0 Å². The van der Waals surface area contributed by atoms with E-state index in [-0.39, 0.29) is 5.54 Å². The molecule has 0 bridgehead atoms. The van der Waals surface area contributed by atoms with Crippen LogP contribution in [0.25, 0.3) is 0 Å². The zero-order valence-electron chi connectivity index (χ0n) is 9.88. The number of phenols is 1. The Labute approximate surface area is 92.3 Å². The van der Waals surface area contributed by atoms with Gasteiger partial charge in [-0.1, -0.05) is 26.0 Å². The van der Waals surface area contributed by atoms with Gasteiger partial charge in [0, 0.05) is 12.1 Å². The third kappa shape index (κ3) is 3.56. The van der Waals surface area contributed by atoms with Crippen LogP contribution in [0.15, 0.2) is 24.3 Å². The van der Waals surface area contributed by atoms with Crippen molar-refractivity contribution in [2.75, 3.05) is 0 Å². The van der Waals surface area contributed by atoms with Crippen molar-refractivity contribution in [3.63, 3.8) is 0 Å². The highest BCUT2D eigenvalue weighted by Crippen LogP contribution is 2.15. The van der Waals surface area contributed by atoms with Crippen LogP contribution in [0, 0.1) is 0 Å². The molecular formula is C13H21NO. The number of hydrogen-bond donors (Lipinski definition) is 2. The zero-order chi connectivity index (χ0) is 11.3. The van der Waals surface area contributed by atoms with Gasteiger partial charge in [0.2, 0.25) is 0 Å². The van der Waals surface area contributed by atoms with Gasteiger partial charge in [-0.3, -0.25) is 0 Å². The summed E-state index contributed by atoms with van der Waals surface area (Å²) in [4.78, 5) is 0. The van der Waals surface area contributed by atoms with E-state index in [1.54, 1.807) is 12.1 Å². The van der Waals surface area contributed by atoms with Crippen LogP contribution in [-0.4, -0.2) is 10.6 Å². The molecule has 0 saturated carbocycles. The molecule has 15 heavy (non-hydrogen) atoms. The molecule has 2 nitrogen and oxygen atoms in total. The molecule has 0 amide bonds. The van der Waals surface area contributed by atoms with Crippen LogP contribution in [0.1, 0.15) is 39.2 Å². The summed E-state index contributed by atoms with van der Waals surface area (Å²) < 4.78 is 0. The van der Waals surface area contributed by atoms with Crippen molar-refractivity contribution in [1.82, 2.24) is 5.32 Å². The Hall–Kier alpha value is -1.02. The summed E-state index contributed by atoms with van der Waals surface area (Å²) in [5, 5.41) is 12.7. The van der Waals surface area contributed by atoms with Crippen LogP contribution in [0.3, 0.4) is 0 Å². The Morgan fingerprint density at radius 1 is 1.13 bits per heavy atom. The fourth-order valence-electron chi connectivity index (χ4n) is 1.43. The SMILES string of the molecule is CCC(C)(CC)NCc1ccc(O)cc1. The van der Waals surface area contributed by atoms with Crippen molar-refractivity contribution >= 4 is 0 Å². The average molecular weight is 207 g/mol. The Morgan fingerprint density at radius 3 is 2.13 bits per heavy atom. The second-order valence-corrected chi connectivity index (χ2v) is 4.29. The molecule has 0 unspecified atom stereocenters. The van der Waals surface area contributed by atoms with Crippen molar-refractivity contribution in [3.8, 4) is 5.75 Å². The van der Waals surface area contributed by atoms with E-state index in [2.05, 4.69) is 26.1 Å². The number of rotatable bonds is 5.